The number of ether oxygens (including phenoxy) is 1. The number of benzene rings is 1. The zero-order valence-corrected chi connectivity index (χ0v) is 15.2. The lowest BCUT2D eigenvalue weighted by molar-refractivity contribution is -0.128. The average Bonchev–Trinajstić information content (AvgIpc) is 2.54. The number of para-hydroxylation sites is 1. The highest BCUT2D eigenvalue weighted by atomic mass is 35.5. The summed E-state index contributed by atoms with van der Waals surface area (Å²) in [6, 6.07) is 6.74. The molecule has 0 saturated carbocycles. The van der Waals surface area contributed by atoms with Crippen LogP contribution in [-0.4, -0.2) is 51.2 Å². The zero-order valence-electron chi connectivity index (χ0n) is 13.6. The number of amides is 2. The van der Waals surface area contributed by atoms with E-state index in [-0.39, 0.29) is 30.8 Å². The van der Waals surface area contributed by atoms with Crippen molar-refractivity contribution in [1.29, 1.82) is 0 Å². The Balaban J connectivity index is 0.00000288. The van der Waals surface area contributed by atoms with Crippen molar-refractivity contribution in [2.75, 3.05) is 38.3 Å². The molecule has 2 amide bonds. The van der Waals surface area contributed by atoms with Crippen LogP contribution in [0.25, 0.3) is 0 Å². The first kappa shape index (κ1) is 20.7. The first-order valence-corrected chi connectivity index (χ1v) is 8.06. The molecular formula is C16H23Cl2N3O3. The average molecular weight is 376 g/mol. The van der Waals surface area contributed by atoms with Crippen LogP contribution in [-0.2, 0) is 14.3 Å². The number of nitrogens with zero attached hydrogens (tertiary/aromatic N) is 1. The Morgan fingerprint density at radius 3 is 2.88 bits per heavy atom. The Kier molecular flexibility index (Phi) is 9.07. The fourth-order valence-electron chi connectivity index (χ4n) is 2.54. The van der Waals surface area contributed by atoms with Crippen LogP contribution in [0.1, 0.15) is 12.8 Å². The fourth-order valence-corrected chi connectivity index (χ4v) is 2.78. The van der Waals surface area contributed by atoms with Gasteiger partial charge < -0.3 is 20.3 Å². The van der Waals surface area contributed by atoms with Gasteiger partial charge in [-0.15, -0.1) is 12.4 Å². The van der Waals surface area contributed by atoms with E-state index >= 15 is 0 Å². The molecule has 1 aliphatic rings. The van der Waals surface area contributed by atoms with Gasteiger partial charge in [0.25, 0.3) is 0 Å². The number of piperidine rings is 1. The van der Waals surface area contributed by atoms with Crippen LogP contribution >= 0.6 is 24.0 Å². The van der Waals surface area contributed by atoms with E-state index in [4.69, 9.17) is 16.3 Å². The van der Waals surface area contributed by atoms with Gasteiger partial charge in [-0.1, -0.05) is 23.7 Å². The molecule has 1 unspecified atom stereocenters. The summed E-state index contributed by atoms with van der Waals surface area (Å²) in [6.07, 6.45) is 1.46. The van der Waals surface area contributed by atoms with Crippen molar-refractivity contribution < 1.29 is 14.3 Å². The van der Waals surface area contributed by atoms with E-state index in [1.807, 2.05) is 18.2 Å². The summed E-state index contributed by atoms with van der Waals surface area (Å²) in [5, 5.41) is 6.28. The van der Waals surface area contributed by atoms with Gasteiger partial charge >= 0.3 is 0 Å². The highest BCUT2D eigenvalue weighted by Gasteiger charge is 2.31. The minimum absolute atomic E-state index is 0. The molecule has 1 aromatic rings. The number of rotatable bonds is 7. The number of anilines is 1. The molecule has 134 valence electrons. The number of carbonyl (C=O) groups is 2. The number of hydrogen-bond donors (Lipinski definition) is 2. The van der Waals surface area contributed by atoms with E-state index in [9.17, 15) is 9.59 Å². The molecule has 1 aromatic carbocycles. The predicted molar refractivity (Wildman–Crippen MR) is 97.0 cm³/mol. The molecule has 0 aromatic heterocycles. The lowest BCUT2D eigenvalue weighted by atomic mass is 10.0. The fraction of sp³-hybridized carbons (Fsp3) is 0.500. The number of hydrogen-bond acceptors (Lipinski definition) is 4. The molecule has 1 atom stereocenters. The maximum absolute atomic E-state index is 12.6. The summed E-state index contributed by atoms with van der Waals surface area (Å²) in [5.74, 6) is -0.310. The molecule has 0 aliphatic carbocycles. The number of methoxy groups -OCH3 is 1. The minimum Gasteiger partial charge on any atom is -0.383 e. The molecule has 0 spiro atoms. The van der Waals surface area contributed by atoms with Gasteiger partial charge in [-0.3, -0.25) is 9.59 Å². The molecular weight excluding hydrogens is 353 g/mol. The maximum atomic E-state index is 12.6. The summed E-state index contributed by atoms with van der Waals surface area (Å²) < 4.78 is 4.90. The van der Waals surface area contributed by atoms with E-state index in [0.717, 1.165) is 6.42 Å². The van der Waals surface area contributed by atoms with Gasteiger partial charge in [0, 0.05) is 20.2 Å². The number of halogens is 2. The Morgan fingerprint density at radius 2 is 2.17 bits per heavy atom. The molecule has 1 heterocycles. The Morgan fingerprint density at radius 1 is 1.42 bits per heavy atom. The molecule has 1 saturated heterocycles. The quantitative estimate of drug-likeness (QED) is 0.710. The summed E-state index contributed by atoms with van der Waals surface area (Å²) >= 11 is 6.17. The number of nitrogens with one attached hydrogen (secondary N) is 2. The third kappa shape index (κ3) is 5.63. The molecule has 1 aliphatic heterocycles. The smallest absolute Gasteiger partial charge is 0.249 e. The SMILES string of the molecule is COCCNCC(=O)NC1CCCN(c2ccccc2Cl)C1=O.Cl. The first-order valence-electron chi connectivity index (χ1n) is 7.68. The van der Waals surface area contributed by atoms with E-state index < -0.39 is 6.04 Å². The Bertz CT molecular complexity index is 557. The molecule has 24 heavy (non-hydrogen) atoms. The van der Waals surface area contributed by atoms with E-state index in [0.29, 0.717) is 36.8 Å². The Hall–Kier alpha value is -1.34. The van der Waals surface area contributed by atoms with Crippen LogP contribution in [0.5, 0.6) is 0 Å². The number of carbonyl (C=O) groups excluding carboxylic acids is 2. The molecule has 8 heteroatoms. The third-order valence-electron chi connectivity index (χ3n) is 3.69. The second-order valence-electron chi connectivity index (χ2n) is 5.37. The van der Waals surface area contributed by atoms with Gasteiger partial charge in [0.15, 0.2) is 0 Å². The van der Waals surface area contributed by atoms with Crippen molar-refractivity contribution in [3.8, 4) is 0 Å². The van der Waals surface area contributed by atoms with E-state index in [1.165, 1.54) is 0 Å². The molecule has 0 radical (unpaired) electrons. The Labute approximate surface area is 153 Å². The van der Waals surface area contributed by atoms with Crippen molar-refractivity contribution >= 4 is 41.5 Å². The molecule has 1 fully saturated rings. The van der Waals surface area contributed by atoms with Crippen LogP contribution in [0.4, 0.5) is 5.69 Å². The normalized spacial score (nSPS) is 17.3. The van der Waals surface area contributed by atoms with Crippen molar-refractivity contribution in [2.45, 2.75) is 18.9 Å². The monoisotopic (exact) mass is 375 g/mol. The third-order valence-corrected chi connectivity index (χ3v) is 4.01. The van der Waals surface area contributed by atoms with Crippen LogP contribution in [0.2, 0.25) is 5.02 Å². The van der Waals surface area contributed by atoms with Crippen LogP contribution < -0.4 is 15.5 Å². The van der Waals surface area contributed by atoms with Crippen molar-refractivity contribution in [2.24, 2.45) is 0 Å². The largest absolute Gasteiger partial charge is 0.383 e. The standard InChI is InChI=1S/C16H22ClN3O3.ClH/c1-23-10-8-18-11-15(21)19-13-6-4-9-20(16(13)22)14-7-3-2-5-12(14)17;/h2-3,5,7,13,18H,4,6,8-11H2,1H3,(H,19,21);1H. The highest BCUT2D eigenvalue weighted by molar-refractivity contribution is 6.33. The van der Waals surface area contributed by atoms with Gasteiger partial charge in [-0.25, -0.2) is 0 Å². The summed E-state index contributed by atoms with van der Waals surface area (Å²) in [7, 11) is 1.60. The van der Waals surface area contributed by atoms with Crippen molar-refractivity contribution in [1.82, 2.24) is 10.6 Å². The summed E-state index contributed by atoms with van der Waals surface area (Å²) in [5.41, 5.74) is 0.691. The zero-order chi connectivity index (χ0) is 16.7. The van der Waals surface area contributed by atoms with Gasteiger partial charge in [0.2, 0.25) is 11.8 Å². The molecule has 2 N–H and O–H groups in total. The topological polar surface area (TPSA) is 70.7 Å². The second-order valence-corrected chi connectivity index (χ2v) is 5.78. The maximum Gasteiger partial charge on any atom is 0.249 e. The van der Waals surface area contributed by atoms with Gasteiger partial charge in [0.05, 0.1) is 23.9 Å². The molecule has 6 nitrogen and oxygen atoms in total. The van der Waals surface area contributed by atoms with Crippen LogP contribution in [0, 0.1) is 0 Å². The van der Waals surface area contributed by atoms with E-state index in [2.05, 4.69) is 10.6 Å². The summed E-state index contributed by atoms with van der Waals surface area (Å²) in [6.45, 7) is 1.91. The van der Waals surface area contributed by atoms with Crippen LogP contribution in [0.15, 0.2) is 24.3 Å². The minimum atomic E-state index is -0.503. The van der Waals surface area contributed by atoms with Crippen LogP contribution in [0.3, 0.4) is 0 Å². The van der Waals surface area contributed by atoms with Gasteiger partial charge in [0.1, 0.15) is 6.04 Å². The lowest BCUT2D eigenvalue weighted by Crippen LogP contribution is -2.54. The highest BCUT2D eigenvalue weighted by Crippen LogP contribution is 2.28. The van der Waals surface area contributed by atoms with E-state index in [1.54, 1.807) is 18.1 Å². The van der Waals surface area contributed by atoms with Gasteiger partial charge in [-0.2, -0.15) is 0 Å². The van der Waals surface area contributed by atoms with Gasteiger partial charge in [-0.05, 0) is 25.0 Å². The first-order chi connectivity index (χ1) is 11.1. The second kappa shape index (κ2) is 10.5. The van der Waals surface area contributed by atoms with Crippen molar-refractivity contribution in [3.63, 3.8) is 0 Å². The molecule has 0 bridgehead atoms. The lowest BCUT2D eigenvalue weighted by Gasteiger charge is -2.33. The predicted octanol–water partition coefficient (Wildman–Crippen LogP) is 1.61. The van der Waals surface area contributed by atoms with Crippen molar-refractivity contribution in [3.05, 3.63) is 29.3 Å². The summed E-state index contributed by atoms with van der Waals surface area (Å²) in [4.78, 5) is 26.2. The molecule has 2 rings (SSSR count).